The fourth-order valence-corrected chi connectivity index (χ4v) is 1.77. The van der Waals surface area contributed by atoms with Crippen molar-refractivity contribution < 1.29 is 8.78 Å². The van der Waals surface area contributed by atoms with Gasteiger partial charge in [0.2, 0.25) is 0 Å². The number of hydrogen-bond donors (Lipinski definition) is 2. The summed E-state index contributed by atoms with van der Waals surface area (Å²) in [5, 5.41) is 0.220. The van der Waals surface area contributed by atoms with Gasteiger partial charge in [0.1, 0.15) is 11.6 Å². The molecule has 0 radical (unpaired) electrons. The van der Waals surface area contributed by atoms with E-state index in [1.807, 2.05) is 0 Å². The van der Waals surface area contributed by atoms with Crippen LogP contribution in [0.4, 0.5) is 8.78 Å². The van der Waals surface area contributed by atoms with Gasteiger partial charge in [-0.05, 0) is 28.1 Å². The van der Waals surface area contributed by atoms with Crippen LogP contribution in [0.25, 0.3) is 10.9 Å². The Morgan fingerprint density at radius 1 is 1.36 bits per heavy atom. The summed E-state index contributed by atoms with van der Waals surface area (Å²) in [5.74, 6) is -0.967. The van der Waals surface area contributed by atoms with Crippen LogP contribution >= 0.6 is 15.9 Å². The predicted octanol–water partition coefficient (Wildman–Crippen LogP) is 2.67. The van der Waals surface area contributed by atoms with Gasteiger partial charge in [0, 0.05) is 17.6 Å². The van der Waals surface area contributed by atoms with Gasteiger partial charge in [0.05, 0.1) is 9.99 Å². The maximum Gasteiger partial charge on any atom is 0.148 e. The molecule has 2 aromatic rings. The van der Waals surface area contributed by atoms with Crippen LogP contribution in [0.5, 0.6) is 0 Å². The molecule has 1 aromatic heterocycles. The number of halogens is 3. The number of aromatic amines is 1. The quantitative estimate of drug-likeness (QED) is 0.761. The fourth-order valence-electron chi connectivity index (χ4n) is 1.36. The average molecular weight is 261 g/mol. The maximum atomic E-state index is 13.5. The van der Waals surface area contributed by atoms with Crippen molar-refractivity contribution in [3.05, 3.63) is 33.9 Å². The van der Waals surface area contributed by atoms with Crippen LogP contribution in [0.2, 0.25) is 0 Å². The van der Waals surface area contributed by atoms with Crippen molar-refractivity contribution in [2.45, 2.75) is 6.54 Å². The zero-order chi connectivity index (χ0) is 10.3. The first-order valence-corrected chi connectivity index (χ1v) is 4.78. The summed E-state index contributed by atoms with van der Waals surface area (Å²) in [5.41, 5.74) is 6.13. The molecule has 0 bridgehead atoms. The molecule has 0 aliphatic heterocycles. The highest BCUT2D eigenvalue weighted by Crippen LogP contribution is 2.27. The van der Waals surface area contributed by atoms with Crippen molar-refractivity contribution in [3.8, 4) is 0 Å². The lowest BCUT2D eigenvalue weighted by atomic mass is 10.2. The van der Waals surface area contributed by atoms with Crippen molar-refractivity contribution >= 4 is 26.8 Å². The maximum absolute atomic E-state index is 13.5. The molecule has 1 heterocycles. The zero-order valence-corrected chi connectivity index (χ0v) is 8.66. The molecule has 3 N–H and O–H groups in total. The Balaban J connectivity index is 2.84. The van der Waals surface area contributed by atoms with Gasteiger partial charge >= 0.3 is 0 Å². The molecule has 0 fully saturated rings. The SMILES string of the molecule is NCc1cc2c(F)c(Br)cc(F)c2[nH]1. The lowest BCUT2D eigenvalue weighted by Crippen LogP contribution is -1.95. The van der Waals surface area contributed by atoms with Crippen molar-refractivity contribution in [2.75, 3.05) is 0 Å². The molecule has 1 aromatic carbocycles. The smallest absolute Gasteiger partial charge is 0.148 e. The largest absolute Gasteiger partial charge is 0.355 e. The van der Waals surface area contributed by atoms with Crippen LogP contribution in [-0.2, 0) is 6.54 Å². The summed E-state index contributed by atoms with van der Waals surface area (Å²) in [6.07, 6.45) is 0. The van der Waals surface area contributed by atoms with E-state index in [4.69, 9.17) is 5.73 Å². The van der Waals surface area contributed by atoms with Gasteiger partial charge in [-0.3, -0.25) is 0 Å². The Hall–Kier alpha value is -0.940. The molecular weight excluding hydrogens is 254 g/mol. The number of aromatic nitrogens is 1. The summed E-state index contributed by atoms with van der Waals surface area (Å²) in [6, 6.07) is 2.60. The summed E-state index contributed by atoms with van der Waals surface area (Å²) in [4.78, 5) is 2.72. The van der Waals surface area contributed by atoms with E-state index in [1.54, 1.807) is 0 Å². The van der Waals surface area contributed by atoms with E-state index < -0.39 is 11.6 Å². The number of nitrogens with one attached hydrogen (secondary N) is 1. The van der Waals surface area contributed by atoms with Gasteiger partial charge in [0.15, 0.2) is 0 Å². The minimum Gasteiger partial charge on any atom is -0.355 e. The second-order valence-electron chi connectivity index (χ2n) is 2.94. The molecule has 14 heavy (non-hydrogen) atoms. The Kier molecular flexibility index (Phi) is 2.28. The van der Waals surface area contributed by atoms with Crippen molar-refractivity contribution in [1.29, 1.82) is 0 Å². The number of nitrogens with two attached hydrogens (primary N) is 1. The fraction of sp³-hybridized carbons (Fsp3) is 0.111. The second kappa shape index (κ2) is 3.33. The molecular formula is C9H7BrF2N2. The van der Waals surface area contributed by atoms with E-state index in [2.05, 4.69) is 20.9 Å². The molecule has 0 aliphatic rings. The van der Waals surface area contributed by atoms with Gasteiger partial charge in [-0.1, -0.05) is 0 Å². The standard InChI is InChI=1S/C9H7BrF2N2/c10-6-2-7(11)9-5(8(6)12)1-4(3-13)14-9/h1-2,14H,3,13H2. The molecule has 2 nitrogen and oxygen atoms in total. The highest BCUT2D eigenvalue weighted by molar-refractivity contribution is 9.10. The third kappa shape index (κ3) is 1.33. The van der Waals surface area contributed by atoms with E-state index in [0.717, 1.165) is 6.07 Å². The molecule has 0 aliphatic carbocycles. The molecule has 0 saturated carbocycles. The number of fused-ring (bicyclic) bond motifs is 1. The molecule has 0 amide bonds. The molecule has 0 unspecified atom stereocenters. The summed E-state index contributed by atoms with van der Waals surface area (Å²) < 4.78 is 26.9. The van der Waals surface area contributed by atoms with Crippen LogP contribution in [0.15, 0.2) is 16.6 Å². The molecule has 0 saturated heterocycles. The van der Waals surface area contributed by atoms with Gasteiger partial charge in [-0.25, -0.2) is 8.78 Å². The van der Waals surface area contributed by atoms with E-state index in [9.17, 15) is 8.78 Å². The highest BCUT2D eigenvalue weighted by Gasteiger charge is 2.12. The van der Waals surface area contributed by atoms with Gasteiger partial charge in [0.25, 0.3) is 0 Å². The van der Waals surface area contributed by atoms with Gasteiger partial charge in [-0.15, -0.1) is 0 Å². The Morgan fingerprint density at radius 2 is 2.07 bits per heavy atom. The first-order chi connectivity index (χ1) is 6.63. The van der Waals surface area contributed by atoms with Crippen LogP contribution in [0.3, 0.4) is 0 Å². The molecule has 74 valence electrons. The Bertz CT molecular complexity index is 493. The normalized spacial score (nSPS) is 11.1. The summed E-state index contributed by atoms with van der Waals surface area (Å²) in [6.45, 7) is 0.227. The minimum atomic E-state index is -0.493. The Labute approximate surface area is 87.2 Å². The number of H-pyrrole nitrogens is 1. The Morgan fingerprint density at radius 3 is 2.71 bits per heavy atom. The zero-order valence-electron chi connectivity index (χ0n) is 7.07. The van der Waals surface area contributed by atoms with Crippen molar-refractivity contribution in [1.82, 2.24) is 4.98 Å². The second-order valence-corrected chi connectivity index (χ2v) is 3.80. The predicted molar refractivity (Wildman–Crippen MR) is 53.8 cm³/mol. The summed E-state index contributed by atoms with van der Waals surface area (Å²) >= 11 is 2.94. The first kappa shape index (κ1) is 9.61. The monoisotopic (exact) mass is 260 g/mol. The molecule has 0 atom stereocenters. The summed E-state index contributed by atoms with van der Waals surface area (Å²) in [7, 11) is 0. The van der Waals surface area contributed by atoms with Crippen molar-refractivity contribution in [2.24, 2.45) is 5.73 Å². The van der Waals surface area contributed by atoms with E-state index in [1.165, 1.54) is 6.07 Å². The van der Waals surface area contributed by atoms with E-state index in [0.29, 0.717) is 5.69 Å². The third-order valence-corrected chi connectivity index (χ3v) is 2.61. The first-order valence-electron chi connectivity index (χ1n) is 3.98. The van der Waals surface area contributed by atoms with Crippen LogP contribution in [0, 0.1) is 11.6 Å². The minimum absolute atomic E-state index is 0.116. The number of rotatable bonds is 1. The van der Waals surface area contributed by atoms with E-state index in [-0.39, 0.29) is 21.9 Å². The lowest BCUT2D eigenvalue weighted by molar-refractivity contribution is 0.611. The molecule has 0 spiro atoms. The van der Waals surface area contributed by atoms with Crippen LogP contribution < -0.4 is 5.73 Å². The lowest BCUT2D eigenvalue weighted by Gasteiger charge is -1.97. The van der Waals surface area contributed by atoms with Gasteiger partial charge in [-0.2, -0.15) is 0 Å². The average Bonchev–Trinajstić information content (AvgIpc) is 2.58. The van der Waals surface area contributed by atoms with Gasteiger partial charge < -0.3 is 10.7 Å². The number of benzene rings is 1. The highest BCUT2D eigenvalue weighted by atomic mass is 79.9. The third-order valence-electron chi connectivity index (χ3n) is 2.03. The number of hydrogen-bond acceptors (Lipinski definition) is 1. The molecule has 5 heteroatoms. The van der Waals surface area contributed by atoms with Crippen LogP contribution in [-0.4, -0.2) is 4.98 Å². The van der Waals surface area contributed by atoms with Crippen LogP contribution in [0.1, 0.15) is 5.69 Å². The topological polar surface area (TPSA) is 41.8 Å². The van der Waals surface area contributed by atoms with Crippen molar-refractivity contribution in [3.63, 3.8) is 0 Å². The van der Waals surface area contributed by atoms with E-state index >= 15 is 0 Å². The molecule has 2 rings (SSSR count).